The number of hydrogen-bond donors (Lipinski definition) is 2. The standard InChI is InChI=1S/C27H31N4O2P/c1-31-16-13-21(14-17-31)33-20-10-8-19(9-11-20)25-18-22-23(12-15-28-27(22)30-25)29-24-6-4-5-7-26(24)34(2,3)32/h4-12,15,18,21H,13-14,16-17H2,1-3H3,(H2,28,29,30). The van der Waals surface area contributed by atoms with E-state index in [1.807, 2.05) is 42.5 Å². The molecule has 176 valence electrons. The summed E-state index contributed by atoms with van der Waals surface area (Å²) >= 11 is 0. The summed E-state index contributed by atoms with van der Waals surface area (Å²) in [4.78, 5) is 10.3. The normalized spacial score (nSPS) is 15.5. The molecule has 1 fully saturated rings. The Bertz CT molecular complexity index is 1330. The van der Waals surface area contributed by atoms with Gasteiger partial charge in [-0.25, -0.2) is 4.98 Å². The van der Waals surface area contributed by atoms with Crippen LogP contribution < -0.4 is 15.4 Å². The second kappa shape index (κ2) is 9.28. The monoisotopic (exact) mass is 474 g/mol. The number of rotatable bonds is 6. The van der Waals surface area contributed by atoms with E-state index in [4.69, 9.17) is 4.74 Å². The highest BCUT2D eigenvalue weighted by Crippen LogP contribution is 2.39. The van der Waals surface area contributed by atoms with Gasteiger partial charge >= 0.3 is 0 Å². The zero-order valence-corrected chi connectivity index (χ0v) is 20.8. The van der Waals surface area contributed by atoms with Crippen molar-refractivity contribution in [1.29, 1.82) is 0 Å². The van der Waals surface area contributed by atoms with Gasteiger partial charge in [0.1, 0.15) is 24.6 Å². The Kier molecular flexibility index (Phi) is 6.20. The smallest absolute Gasteiger partial charge is 0.139 e. The molecule has 1 aliphatic rings. The number of H-pyrrole nitrogens is 1. The number of anilines is 2. The molecule has 7 heteroatoms. The Balaban J connectivity index is 1.38. The van der Waals surface area contributed by atoms with Crippen molar-refractivity contribution in [3.8, 4) is 17.0 Å². The van der Waals surface area contributed by atoms with Crippen LogP contribution in [0, 0.1) is 0 Å². The predicted octanol–water partition coefficient (Wildman–Crippen LogP) is 5.69. The first-order valence-corrected chi connectivity index (χ1v) is 14.3. The summed E-state index contributed by atoms with van der Waals surface area (Å²) in [6.07, 6.45) is 4.20. The quantitative estimate of drug-likeness (QED) is 0.351. The highest BCUT2D eigenvalue weighted by molar-refractivity contribution is 7.70. The van der Waals surface area contributed by atoms with Gasteiger partial charge in [-0.3, -0.25) is 0 Å². The van der Waals surface area contributed by atoms with Crippen molar-refractivity contribution in [2.75, 3.05) is 38.8 Å². The van der Waals surface area contributed by atoms with Crippen LogP contribution in [0.25, 0.3) is 22.3 Å². The fourth-order valence-electron chi connectivity index (χ4n) is 4.49. The topological polar surface area (TPSA) is 70.2 Å². The van der Waals surface area contributed by atoms with E-state index in [1.54, 1.807) is 19.5 Å². The molecular formula is C27H31N4O2P. The molecule has 34 heavy (non-hydrogen) atoms. The zero-order chi connectivity index (χ0) is 23.7. The maximum Gasteiger partial charge on any atom is 0.139 e. The van der Waals surface area contributed by atoms with Crippen LogP contribution in [-0.4, -0.2) is 54.4 Å². The largest absolute Gasteiger partial charge is 0.490 e. The van der Waals surface area contributed by atoms with Crippen LogP contribution in [0.1, 0.15) is 12.8 Å². The maximum atomic E-state index is 12.8. The third-order valence-electron chi connectivity index (χ3n) is 6.42. The number of piperidine rings is 1. The van der Waals surface area contributed by atoms with Crippen molar-refractivity contribution in [2.24, 2.45) is 0 Å². The summed E-state index contributed by atoms with van der Waals surface area (Å²) in [6.45, 7) is 5.76. The van der Waals surface area contributed by atoms with Crippen LogP contribution in [-0.2, 0) is 4.57 Å². The average molecular weight is 475 g/mol. The molecule has 0 spiro atoms. The second-order valence-electron chi connectivity index (χ2n) is 9.44. The number of aromatic nitrogens is 2. The predicted molar refractivity (Wildman–Crippen MR) is 141 cm³/mol. The van der Waals surface area contributed by atoms with Gasteiger partial charge in [-0.1, -0.05) is 12.1 Å². The van der Waals surface area contributed by atoms with Gasteiger partial charge < -0.3 is 24.5 Å². The molecule has 2 aromatic carbocycles. The van der Waals surface area contributed by atoms with E-state index in [9.17, 15) is 4.57 Å². The Morgan fingerprint density at radius 3 is 2.50 bits per heavy atom. The van der Waals surface area contributed by atoms with E-state index in [0.717, 1.165) is 70.7 Å². The summed E-state index contributed by atoms with van der Waals surface area (Å²) in [5.74, 6) is 0.912. The van der Waals surface area contributed by atoms with Crippen LogP contribution in [0.4, 0.5) is 11.4 Å². The lowest BCUT2D eigenvalue weighted by Crippen LogP contribution is -2.35. The van der Waals surface area contributed by atoms with Gasteiger partial charge in [-0.05, 0) is 87.3 Å². The summed E-state index contributed by atoms with van der Waals surface area (Å²) < 4.78 is 19.0. The number of pyridine rings is 1. The number of nitrogens with one attached hydrogen (secondary N) is 2. The molecule has 0 atom stereocenters. The third-order valence-corrected chi connectivity index (χ3v) is 7.97. The lowest BCUT2D eigenvalue weighted by atomic mass is 10.1. The fourth-order valence-corrected chi connectivity index (χ4v) is 5.65. The van der Waals surface area contributed by atoms with E-state index in [1.165, 1.54) is 0 Å². The Hall–Kier alpha value is -3.08. The van der Waals surface area contributed by atoms with Gasteiger partial charge in [-0.15, -0.1) is 0 Å². The van der Waals surface area contributed by atoms with Crippen LogP contribution in [0.5, 0.6) is 5.75 Å². The summed E-state index contributed by atoms with van der Waals surface area (Å²) in [7, 11) is -0.259. The molecular weight excluding hydrogens is 443 g/mol. The van der Waals surface area contributed by atoms with Crippen molar-refractivity contribution in [2.45, 2.75) is 18.9 Å². The highest BCUT2D eigenvalue weighted by atomic mass is 31.2. The molecule has 1 aliphatic heterocycles. The van der Waals surface area contributed by atoms with Crippen molar-refractivity contribution < 1.29 is 9.30 Å². The van der Waals surface area contributed by atoms with E-state index in [2.05, 4.69) is 45.4 Å². The SMILES string of the molecule is CN1CCC(Oc2ccc(-c3cc4c(Nc5ccccc5P(C)(C)=O)ccnc4[nH]3)cc2)CC1. The first-order valence-electron chi connectivity index (χ1n) is 11.7. The van der Waals surface area contributed by atoms with Crippen LogP contribution in [0.2, 0.25) is 0 Å². The van der Waals surface area contributed by atoms with Gasteiger partial charge in [0.25, 0.3) is 0 Å². The zero-order valence-electron chi connectivity index (χ0n) is 19.9. The Morgan fingerprint density at radius 1 is 1.03 bits per heavy atom. The van der Waals surface area contributed by atoms with Gasteiger partial charge in [0, 0.05) is 41.4 Å². The molecule has 0 unspecified atom stereocenters. The second-order valence-corrected chi connectivity index (χ2v) is 12.6. The fraction of sp³-hybridized carbons (Fsp3) is 0.296. The molecule has 0 aliphatic carbocycles. The lowest BCUT2D eigenvalue weighted by Gasteiger charge is -2.29. The molecule has 2 N–H and O–H groups in total. The van der Waals surface area contributed by atoms with Crippen LogP contribution in [0.15, 0.2) is 66.9 Å². The third kappa shape index (κ3) is 4.89. The first-order chi connectivity index (χ1) is 16.4. The molecule has 6 nitrogen and oxygen atoms in total. The molecule has 4 aromatic rings. The van der Waals surface area contributed by atoms with Crippen molar-refractivity contribution in [1.82, 2.24) is 14.9 Å². The molecule has 1 saturated heterocycles. The minimum Gasteiger partial charge on any atom is -0.490 e. The minimum absolute atomic E-state index is 0.289. The summed E-state index contributed by atoms with van der Waals surface area (Å²) in [5, 5.41) is 5.32. The Morgan fingerprint density at radius 2 is 1.76 bits per heavy atom. The highest BCUT2D eigenvalue weighted by Gasteiger charge is 2.19. The summed E-state index contributed by atoms with van der Waals surface area (Å²) in [6, 6.07) is 20.1. The van der Waals surface area contributed by atoms with Gasteiger partial charge in [0.15, 0.2) is 0 Å². The number of fused-ring (bicyclic) bond motifs is 1. The molecule has 0 saturated carbocycles. The number of likely N-dealkylation sites (tertiary alicyclic amines) is 1. The molecule has 3 heterocycles. The first kappa shape index (κ1) is 22.7. The van der Waals surface area contributed by atoms with Gasteiger partial charge in [-0.2, -0.15) is 0 Å². The van der Waals surface area contributed by atoms with E-state index < -0.39 is 7.14 Å². The van der Waals surface area contributed by atoms with E-state index in [-0.39, 0.29) is 6.10 Å². The molecule has 2 aromatic heterocycles. The Labute approximate surface area is 200 Å². The van der Waals surface area contributed by atoms with E-state index >= 15 is 0 Å². The number of para-hydroxylation sites is 1. The minimum atomic E-state index is -2.42. The van der Waals surface area contributed by atoms with Crippen molar-refractivity contribution >= 4 is 34.9 Å². The summed E-state index contributed by atoms with van der Waals surface area (Å²) in [5.41, 5.74) is 4.66. The average Bonchev–Trinajstić information content (AvgIpc) is 3.26. The number of hydrogen-bond acceptors (Lipinski definition) is 5. The maximum absolute atomic E-state index is 12.8. The van der Waals surface area contributed by atoms with Crippen molar-refractivity contribution in [3.05, 3.63) is 66.9 Å². The number of benzene rings is 2. The molecule has 0 bridgehead atoms. The molecule has 5 rings (SSSR count). The van der Waals surface area contributed by atoms with Gasteiger partial charge in [0.05, 0.1) is 5.69 Å². The lowest BCUT2D eigenvalue weighted by molar-refractivity contribution is 0.114. The molecule has 0 amide bonds. The van der Waals surface area contributed by atoms with Crippen LogP contribution in [0.3, 0.4) is 0 Å². The van der Waals surface area contributed by atoms with E-state index in [0.29, 0.717) is 0 Å². The number of ether oxygens (including phenoxy) is 1. The van der Waals surface area contributed by atoms with Gasteiger partial charge in [0.2, 0.25) is 0 Å². The van der Waals surface area contributed by atoms with Crippen LogP contribution >= 0.6 is 7.14 Å². The molecule has 0 radical (unpaired) electrons. The number of aromatic amines is 1. The van der Waals surface area contributed by atoms with Crippen molar-refractivity contribution in [3.63, 3.8) is 0 Å². The number of nitrogens with zero attached hydrogens (tertiary/aromatic N) is 2.